The van der Waals surface area contributed by atoms with Crippen molar-refractivity contribution >= 4 is 33.9 Å². The Kier molecular flexibility index (Phi) is 6.99. The number of aromatic nitrogens is 3. The summed E-state index contributed by atoms with van der Waals surface area (Å²) in [4.78, 5) is 36.4. The fourth-order valence-electron chi connectivity index (χ4n) is 3.42. The topological polar surface area (TPSA) is 103 Å². The molecule has 0 aliphatic rings. The first kappa shape index (κ1) is 23.1. The second-order valence-electron chi connectivity index (χ2n) is 8.31. The lowest BCUT2D eigenvalue weighted by Crippen LogP contribution is -2.31. The number of anilines is 1. The van der Waals surface area contributed by atoms with E-state index in [-0.39, 0.29) is 17.7 Å². The van der Waals surface area contributed by atoms with Crippen LogP contribution >= 0.6 is 11.3 Å². The molecule has 0 spiro atoms. The standard InChI is InChI=1S/C25H24N6O2S/c1-17(2)11-23(32)31(16-19-5-3-18(12-26)4-6-19)25-29-14-21(34-25)24(33)28-13-20-7-8-22-27-9-10-30(22)15-20/h3-10,14-15,17H,11,13,16H2,1-2H3,(H,28,33). The number of rotatable bonds is 8. The van der Waals surface area contributed by atoms with Crippen LogP contribution in [0.25, 0.3) is 5.65 Å². The van der Waals surface area contributed by atoms with E-state index < -0.39 is 0 Å². The minimum atomic E-state index is -0.246. The summed E-state index contributed by atoms with van der Waals surface area (Å²) in [6, 6.07) is 13.0. The van der Waals surface area contributed by atoms with Crippen molar-refractivity contribution in [2.75, 3.05) is 4.90 Å². The number of hydrogen-bond donors (Lipinski definition) is 1. The zero-order chi connectivity index (χ0) is 24.1. The summed E-state index contributed by atoms with van der Waals surface area (Å²) in [5.74, 6) is -0.120. The summed E-state index contributed by atoms with van der Waals surface area (Å²) < 4.78 is 1.90. The molecule has 0 aliphatic carbocycles. The Balaban J connectivity index is 1.48. The Hall–Kier alpha value is -4.03. The maximum Gasteiger partial charge on any atom is 0.263 e. The van der Waals surface area contributed by atoms with Crippen molar-refractivity contribution in [3.63, 3.8) is 0 Å². The van der Waals surface area contributed by atoms with E-state index in [4.69, 9.17) is 5.26 Å². The third-order valence-electron chi connectivity index (χ3n) is 5.16. The fourth-order valence-corrected chi connectivity index (χ4v) is 4.27. The number of amides is 2. The fraction of sp³-hybridized carbons (Fsp3) is 0.240. The molecule has 3 aromatic heterocycles. The molecule has 0 unspecified atom stereocenters. The van der Waals surface area contributed by atoms with Gasteiger partial charge in [-0.05, 0) is 35.2 Å². The molecule has 8 nitrogen and oxygen atoms in total. The molecule has 0 atom stereocenters. The molecule has 4 aromatic rings. The third kappa shape index (κ3) is 5.47. The van der Waals surface area contributed by atoms with Gasteiger partial charge in [-0.3, -0.25) is 14.5 Å². The second-order valence-corrected chi connectivity index (χ2v) is 9.32. The predicted molar refractivity (Wildman–Crippen MR) is 130 cm³/mol. The van der Waals surface area contributed by atoms with Gasteiger partial charge in [0.05, 0.1) is 24.4 Å². The average molecular weight is 473 g/mol. The monoisotopic (exact) mass is 472 g/mol. The largest absolute Gasteiger partial charge is 0.347 e. The van der Waals surface area contributed by atoms with E-state index in [1.54, 1.807) is 23.2 Å². The molecular weight excluding hydrogens is 448 g/mol. The molecule has 4 rings (SSSR count). The smallest absolute Gasteiger partial charge is 0.263 e. The Morgan fingerprint density at radius 3 is 2.65 bits per heavy atom. The number of carbonyl (C=O) groups excluding carboxylic acids is 2. The quantitative estimate of drug-likeness (QED) is 0.414. The van der Waals surface area contributed by atoms with Gasteiger partial charge in [-0.15, -0.1) is 0 Å². The summed E-state index contributed by atoms with van der Waals surface area (Å²) in [5.41, 5.74) is 3.23. The molecule has 0 radical (unpaired) electrons. The Morgan fingerprint density at radius 1 is 1.15 bits per heavy atom. The lowest BCUT2D eigenvalue weighted by atomic mass is 10.1. The number of nitrogens with one attached hydrogen (secondary N) is 1. The van der Waals surface area contributed by atoms with Gasteiger partial charge in [-0.25, -0.2) is 9.97 Å². The zero-order valence-electron chi connectivity index (χ0n) is 18.9. The van der Waals surface area contributed by atoms with Gasteiger partial charge in [0.1, 0.15) is 10.5 Å². The number of pyridine rings is 1. The van der Waals surface area contributed by atoms with Gasteiger partial charge in [0.15, 0.2) is 5.13 Å². The molecule has 1 aromatic carbocycles. The van der Waals surface area contributed by atoms with Gasteiger partial charge in [0, 0.05) is 31.6 Å². The molecule has 0 fully saturated rings. The van der Waals surface area contributed by atoms with E-state index in [2.05, 4.69) is 21.4 Å². The lowest BCUT2D eigenvalue weighted by Gasteiger charge is -2.21. The molecular formula is C25H24N6O2S. The number of nitriles is 1. The molecule has 0 bridgehead atoms. The van der Waals surface area contributed by atoms with Crippen LogP contribution in [-0.4, -0.2) is 26.2 Å². The van der Waals surface area contributed by atoms with Crippen LogP contribution in [0.4, 0.5) is 5.13 Å². The van der Waals surface area contributed by atoms with Crippen molar-refractivity contribution < 1.29 is 9.59 Å². The molecule has 9 heteroatoms. The van der Waals surface area contributed by atoms with Gasteiger partial charge in [0.2, 0.25) is 5.91 Å². The van der Waals surface area contributed by atoms with Gasteiger partial charge in [-0.1, -0.05) is 43.4 Å². The number of imidazole rings is 1. The number of fused-ring (bicyclic) bond motifs is 1. The molecule has 3 heterocycles. The highest BCUT2D eigenvalue weighted by Gasteiger charge is 2.22. The predicted octanol–water partition coefficient (Wildman–Crippen LogP) is 4.17. The molecule has 2 amide bonds. The van der Waals surface area contributed by atoms with Crippen molar-refractivity contribution in [3.8, 4) is 6.07 Å². The summed E-state index contributed by atoms with van der Waals surface area (Å²) in [7, 11) is 0. The summed E-state index contributed by atoms with van der Waals surface area (Å²) in [5, 5.41) is 12.4. The van der Waals surface area contributed by atoms with Crippen molar-refractivity contribution in [2.45, 2.75) is 33.4 Å². The lowest BCUT2D eigenvalue weighted by molar-refractivity contribution is -0.119. The van der Waals surface area contributed by atoms with E-state index >= 15 is 0 Å². The van der Waals surface area contributed by atoms with Crippen LogP contribution in [0, 0.1) is 17.2 Å². The highest BCUT2D eigenvalue weighted by Crippen LogP contribution is 2.26. The second kappa shape index (κ2) is 10.3. The molecule has 172 valence electrons. The number of hydrogen-bond acceptors (Lipinski definition) is 6. The molecule has 0 saturated heterocycles. The van der Waals surface area contributed by atoms with Crippen molar-refractivity contribution in [1.29, 1.82) is 5.26 Å². The van der Waals surface area contributed by atoms with E-state index in [9.17, 15) is 9.59 Å². The maximum atomic E-state index is 13.0. The van der Waals surface area contributed by atoms with Crippen molar-refractivity contribution in [1.82, 2.24) is 19.7 Å². The van der Waals surface area contributed by atoms with Crippen LogP contribution in [0.15, 0.2) is 61.2 Å². The van der Waals surface area contributed by atoms with Gasteiger partial charge >= 0.3 is 0 Å². The number of benzene rings is 1. The first-order chi connectivity index (χ1) is 16.4. The van der Waals surface area contributed by atoms with Crippen LogP contribution in [0.3, 0.4) is 0 Å². The highest BCUT2D eigenvalue weighted by molar-refractivity contribution is 7.17. The first-order valence-corrected chi connectivity index (χ1v) is 11.7. The van der Waals surface area contributed by atoms with Crippen molar-refractivity contribution in [3.05, 3.63) is 82.8 Å². The van der Waals surface area contributed by atoms with E-state index in [0.717, 1.165) is 16.8 Å². The van der Waals surface area contributed by atoms with Crippen LogP contribution in [0.2, 0.25) is 0 Å². The molecule has 1 N–H and O–H groups in total. The van der Waals surface area contributed by atoms with E-state index in [0.29, 0.717) is 35.1 Å². The maximum absolute atomic E-state index is 13.0. The number of thiazole rings is 1. The van der Waals surface area contributed by atoms with Gasteiger partial charge in [0.25, 0.3) is 5.91 Å². The normalized spacial score (nSPS) is 10.9. The van der Waals surface area contributed by atoms with Gasteiger partial charge < -0.3 is 9.72 Å². The summed E-state index contributed by atoms with van der Waals surface area (Å²) in [6.07, 6.45) is 7.37. The van der Waals surface area contributed by atoms with Crippen molar-refractivity contribution in [2.24, 2.45) is 5.92 Å². The molecule has 0 aliphatic heterocycles. The Morgan fingerprint density at radius 2 is 1.91 bits per heavy atom. The molecule has 34 heavy (non-hydrogen) atoms. The van der Waals surface area contributed by atoms with Crippen LogP contribution < -0.4 is 10.2 Å². The highest BCUT2D eigenvalue weighted by atomic mass is 32.1. The Bertz CT molecular complexity index is 1350. The molecule has 0 saturated carbocycles. The van der Waals surface area contributed by atoms with Crippen LogP contribution in [0.1, 0.15) is 46.6 Å². The SMILES string of the molecule is CC(C)CC(=O)N(Cc1ccc(C#N)cc1)c1ncc(C(=O)NCc2ccc3nccn3c2)s1. The van der Waals surface area contributed by atoms with Gasteiger partial charge in [-0.2, -0.15) is 5.26 Å². The van der Waals surface area contributed by atoms with E-state index in [1.807, 2.05) is 54.9 Å². The summed E-state index contributed by atoms with van der Waals surface area (Å²) >= 11 is 1.18. The van der Waals surface area contributed by atoms with E-state index in [1.165, 1.54) is 17.5 Å². The zero-order valence-corrected chi connectivity index (χ0v) is 19.7. The summed E-state index contributed by atoms with van der Waals surface area (Å²) in [6.45, 7) is 4.65. The Labute approximate surface area is 201 Å². The van der Waals surface area contributed by atoms with Crippen LogP contribution in [-0.2, 0) is 17.9 Å². The number of nitrogens with zero attached hydrogens (tertiary/aromatic N) is 5. The minimum absolute atomic E-state index is 0.0608. The minimum Gasteiger partial charge on any atom is -0.347 e. The van der Waals surface area contributed by atoms with Crippen LogP contribution in [0.5, 0.6) is 0 Å². The number of carbonyl (C=O) groups is 2. The average Bonchev–Trinajstić information content (AvgIpc) is 3.50. The third-order valence-corrected chi connectivity index (χ3v) is 6.18. The first-order valence-electron chi connectivity index (χ1n) is 10.9.